The number of ether oxygens (including phenoxy) is 1. The van der Waals surface area contributed by atoms with Crippen molar-refractivity contribution in [2.24, 2.45) is 0 Å². The molecule has 0 saturated carbocycles. The van der Waals surface area contributed by atoms with Crippen LogP contribution in [0.15, 0.2) is 78.9 Å². The average molecular weight is 384 g/mol. The van der Waals surface area contributed by atoms with E-state index in [-0.39, 0.29) is 12.4 Å². The Kier molecular flexibility index (Phi) is 8.34. The van der Waals surface area contributed by atoms with Crippen LogP contribution in [-0.2, 0) is 13.2 Å². The van der Waals surface area contributed by atoms with Crippen LogP contribution in [0.1, 0.15) is 28.4 Å². The van der Waals surface area contributed by atoms with Gasteiger partial charge in [-0.1, -0.05) is 72.3 Å². The zero-order chi connectivity index (χ0) is 18.2. The molecule has 3 nitrogen and oxygen atoms in total. The van der Waals surface area contributed by atoms with E-state index in [1.54, 1.807) is 0 Å². The normalized spacial score (nSPS) is 11.5. The van der Waals surface area contributed by atoms with Gasteiger partial charge in [0.2, 0.25) is 0 Å². The molecule has 0 saturated heterocycles. The topological polar surface area (TPSA) is 41.5 Å². The third-order valence-electron chi connectivity index (χ3n) is 4.30. The minimum Gasteiger partial charge on any atom is -0.489 e. The van der Waals surface area contributed by atoms with E-state index in [0.717, 1.165) is 22.4 Å². The zero-order valence-corrected chi connectivity index (χ0v) is 16.3. The minimum absolute atomic E-state index is 0. The van der Waals surface area contributed by atoms with Gasteiger partial charge in [-0.15, -0.1) is 12.4 Å². The molecular weight excluding hydrogens is 358 g/mol. The van der Waals surface area contributed by atoms with Gasteiger partial charge >= 0.3 is 0 Å². The summed E-state index contributed by atoms with van der Waals surface area (Å²) in [5.74, 6) is 0.860. The van der Waals surface area contributed by atoms with E-state index in [0.29, 0.717) is 19.7 Å². The van der Waals surface area contributed by atoms with Crippen LogP contribution in [-0.4, -0.2) is 11.7 Å². The number of nitrogens with one attached hydrogen (secondary N) is 1. The van der Waals surface area contributed by atoms with Crippen LogP contribution in [0.25, 0.3) is 0 Å². The Balaban J connectivity index is 0.00000261. The van der Waals surface area contributed by atoms with Gasteiger partial charge in [0.15, 0.2) is 0 Å². The summed E-state index contributed by atoms with van der Waals surface area (Å²) in [7, 11) is 0. The van der Waals surface area contributed by atoms with Gasteiger partial charge in [0, 0.05) is 13.1 Å². The highest BCUT2D eigenvalue weighted by Gasteiger charge is 2.06. The van der Waals surface area contributed by atoms with Crippen molar-refractivity contribution in [3.05, 3.63) is 101 Å². The fourth-order valence-corrected chi connectivity index (χ4v) is 2.70. The standard InChI is InChI=1S/C23H25NO2.ClH/c1-18-7-9-20(10-8-18)17-26-22-13-11-19(12-14-22)15-24-16-23(25)21-5-3-2-4-6-21;/h2-14,23-25H,15-17H2,1H3;1H. The molecule has 3 aromatic carbocycles. The lowest BCUT2D eigenvalue weighted by molar-refractivity contribution is 0.174. The summed E-state index contributed by atoms with van der Waals surface area (Å²) < 4.78 is 5.83. The maximum Gasteiger partial charge on any atom is 0.119 e. The van der Waals surface area contributed by atoms with Crippen molar-refractivity contribution in [1.29, 1.82) is 0 Å². The van der Waals surface area contributed by atoms with Gasteiger partial charge in [0.05, 0.1) is 6.10 Å². The number of halogens is 1. The number of hydrogen-bond donors (Lipinski definition) is 2. The zero-order valence-electron chi connectivity index (χ0n) is 15.5. The summed E-state index contributed by atoms with van der Waals surface area (Å²) in [6.45, 7) is 3.88. The molecule has 1 unspecified atom stereocenters. The van der Waals surface area contributed by atoms with E-state index in [2.05, 4.69) is 36.5 Å². The summed E-state index contributed by atoms with van der Waals surface area (Å²) in [5, 5.41) is 13.4. The van der Waals surface area contributed by atoms with Crippen molar-refractivity contribution in [3.63, 3.8) is 0 Å². The second-order valence-corrected chi connectivity index (χ2v) is 6.48. The fraction of sp³-hybridized carbons (Fsp3) is 0.217. The quantitative estimate of drug-likeness (QED) is 0.586. The second kappa shape index (κ2) is 10.7. The highest BCUT2D eigenvalue weighted by Crippen LogP contribution is 2.15. The molecule has 0 aliphatic heterocycles. The summed E-state index contributed by atoms with van der Waals surface area (Å²) in [4.78, 5) is 0. The molecule has 0 bridgehead atoms. The van der Waals surface area contributed by atoms with Crippen LogP contribution >= 0.6 is 12.4 Å². The second-order valence-electron chi connectivity index (χ2n) is 6.48. The maximum atomic E-state index is 10.2. The van der Waals surface area contributed by atoms with E-state index in [1.807, 2.05) is 54.6 Å². The summed E-state index contributed by atoms with van der Waals surface area (Å²) in [6, 6.07) is 26.1. The molecule has 0 amide bonds. The molecule has 4 heteroatoms. The van der Waals surface area contributed by atoms with Gasteiger partial charge in [-0.25, -0.2) is 0 Å². The van der Waals surface area contributed by atoms with E-state index in [9.17, 15) is 5.11 Å². The van der Waals surface area contributed by atoms with Crippen molar-refractivity contribution in [3.8, 4) is 5.75 Å². The number of benzene rings is 3. The van der Waals surface area contributed by atoms with Crippen LogP contribution in [0.2, 0.25) is 0 Å². The fourth-order valence-electron chi connectivity index (χ4n) is 2.70. The van der Waals surface area contributed by atoms with Crippen molar-refractivity contribution >= 4 is 12.4 Å². The van der Waals surface area contributed by atoms with Crippen molar-refractivity contribution in [2.75, 3.05) is 6.54 Å². The van der Waals surface area contributed by atoms with Gasteiger partial charge in [0.1, 0.15) is 12.4 Å². The van der Waals surface area contributed by atoms with E-state index in [1.165, 1.54) is 5.56 Å². The maximum absolute atomic E-state index is 10.2. The first kappa shape index (κ1) is 21.0. The molecule has 0 aromatic heterocycles. The van der Waals surface area contributed by atoms with Gasteiger partial charge in [0.25, 0.3) is 0 Å². The molecule has 27 heavy (non-hydrogen) atoms. The van der Waals surface area contributed by atoms with Crippen LogP contribution in [0.4, 0.5) is 0 Å². The molecule has 0 aliphatic rings. The average Bonchev–Trinajstić information content (AvgIpc) is 2.69. The highest BCUT2D eigenvalue weighted by atomic mass is 35.5. The Morgan fingerprint density at radius 1 is 0.852 bits per heavy atom. The first-order valence-corrected chi connectivity index (χ1v) is 8.92. The minimum atomic E-state index is -0.492. The Hall–Kier alpha value is -2.33. The summed E-state index contributed by atoms with van der Waals surface area (Å²) in [6.07, 6.45) is -0.492. The van der Waals surface area contributed by atoms with Gasteiger partial charge in [-0.05, 0) is 35.7 Å². The highest BCUT2D eigenvalue weighted by molar-refractivity contribution is 5.85. The molecule has 0 fully saturated rings. The van der Waals surface area contributed by atoms with E-state index in [4.69, 9.17) is 4.74 Å². The molecular formula is C23H26ClNO2. The van der Waals surface area contributed by atoms with E-state index >= 15 is 0 Å². The van der Waals surface area contributed by atoms with Crippen LogP contribution in [0, 0.1) is 6.92 Å². The molecule has 3 aromatic rings. The molecule has 142 valence electrons. The first-order valence-electron chi connectivity index (χ1n) is 8.92. The van der Waals surface area contributed by atoms with Gasteiger partial charge < -0.3 is 15.2 Å². The van der Waals surface area contributed by atoms with Crippen LogP contribution in [0.3, 0.4) is 0 Å². The van der Waals surface area contributed by atoms with Crippen LogP contribution < -0.4 is 10.1 Å². The molecule has 0 radical (unpaired) electrons. The first-order chi connectivity index (χ1) is 12.7. The number of aliphatic hydroxyl groups is 1. The van der Waals surface area contributed by atoms with Crippen molar-refractivity contribution in [2.45, 2.75) is 26.2 Å². The number of aryl methyl sites for hydroxylation is 1. The number of aliphatic hydroxyl groups excluding tert-OH is 1. The largest absolute Gasteiger partial charge is 0.489 e. The van der Waals surface area contributed by atoms with Gasteiger partial charge in [-0.2, -0.15) is 0 Å². The molecule has 0 aliphatic carbocycles. The molecule has 2 N–H and O–H groups in total. The summed E-state index contributed by atoms with van der Waals surface area (Å²) in [5.41, 5.74) is 4.51. The third kappa shape index (κ3) is 6.72. The summed E-state index contributed by atoms with van der Waals surface area (Å²) >= 11 is 0. The lowest BCUT2D eigenvalue weighted by atomic mass is 10.1. The Bertz CT molecular complexity index is 789. The smallest absolute Gasteiger partial charge is 0.119 e. The molecule has 3 rings (SSSR count). The molecule has 0 spiro atoms. The van der Waals surface area contributed by atoms with Crippen molar-refractivity contribution in [1.82, 2.24) is 5.32 Å². The monoisotopic (exact) mass is 383 g/mol. The SMILES string of the molecule is Cc1ccc(COc2ccc(CNCC(O)c3ccccc3)cc2)cc1.Cl. The predicted octanol–water partition coefficient (Wildman–Crippen LogP) is 4.82. The Morgan fingerprint density at radius 3 is 2.15 bits per heavy atom. The lowest BCUT2D eigenvalue weighted by Crippen LogP contribution is -2.20. The molecule has 1 atom stereocenters. The number of hydrogen-bond acceptors (Lipinski definition) is 3. The lowest BCUT2D eigenvalue weighted by Gasteiger charge is -2.12. The van der Waals surface area contributed by atoms with Crippen LogP contribution in [0.5, 0.6) is 5.75 Å². The van der Waals surface area contributed by atoms with Crippen molar-refractivity contribution < 1.29 is 9.84 Å². The van der Waals surface area contributed by atoms with Gasteiger partial charge in [-0.3, -0.25) is 0 Å². The van der Waals surface area contributed by atoms with E-state index < -0.39 is 6.10 Å². The Morgan fingerprint density at radius 2 is 1.48 bits per heavy atom. The predicted molar refractivity (Wildman–Crippen MR) is 112 cm³/mol. The third-order valence-corrected chi connectivity index (χ3v) is 4.30. The molecule has 0 heterocycles. The number of rotatable bonds is 8. The Labute approximate surface area is 167 Å².